The molecule has 0 spiro atoms. The number of thioether (sulfide) groups is 1. The maximum absolute atomic E-state index is 11.3. The molecule has 0 aromatic carbocycles. The third-order valence-electron chi connectivity index (χ3n) is 3.33. The van der Waals surface area contributed by atoms with E-state index in [4.69, 9.17) is 10.5 Å². The largest absolute Gasteiger partial charge is 0.469 e. The highest BCUT2D eigenvalue weighted by atomic mass is 32.2. The Morgan fingerprint density at radius 3 is 3.00 bits per heavy atom. The summed E-state index contributed by atoms with van der Waals surface area (Å²) in [4.78, 5) is 13.7. The van der Waals surface area contributed by atoms with E-state index < -0.39 is 0 Å². The standard InChI is InChI=1S/C15H19NO2S2/c1-18-14(17)9-15(6-7-15)11-19-10-13-5-4-12(20-13)3-2-8-16/h4-5H,6-11,16H2,1H3. The minimum atomic E-state index is -0.0847. The van der Waals surface area contributed by atoms with Gasteiger partial charge in [-0.25, -0.2) is 0 Å². The molecule has 0 unspecified atom stereocenters. The summed E-state index contributed by atoms with van der Waals surface area (Å²) in [6.45, 7) is 0.401. The molecule has 0 aliphatic heterocycles. The highest BCUT2D eigenvalue weighted by Gasteiger charge is 2.44. The number of thiophene rings is 1. The number of carbonyl (C=O) groups excluding carboxylic acids is 1. The van der Waals surface area contributed by atoms with E-state index >= 15 is 0 Å². The molecule has 0 atom stereocenters. The van der Waals surface area contributed by atoms with Crippen molar-refractivity contribution in [3.05, 3.63) is 21.9 Å². The maximum atomic E-state index is 11.3. The van der Waals surface area contributed by atoms with Gasteiger partial charge in [-0.3, -0.25) is 4.79 Å². The number of methoxy groups -OCH3 is 1. The third-order valence-corrected chi connectivity index (χ3v) is 5.85. The molecule has 0 radical (unpaired) electrons. The number of nitrogens with two attached hydrogens (primary N) is 1. The Kier molecular flexibility index (Phi) is 5.53. The molecule has 1 saturated carbocycles. The van der Waals surface area contributed by atoms with Crippen molar-refractivity contribution in [3.63, 3.8) is 0 Å². The van der Waals surface area contributed by atoms with Gasteiger partial charge >= 0.3 is 5.97 Å². The van der Waals surface area contributed by atoms with E-state index in [0.717, 1.165) is 29.2 Å². The van der Waals surface area contributed by atoms with Crippen LogP contribution in [0, 0.1) is 17.3 Å². The van der Waals surface area contributed by atoms with Crippen molar-refractivity contribution in [2.45, 2.75) is 25.0 Å². The Hall–Kier alpha value is -0.960. The van der Waals surface area contributed by atoms with Crippen LogP contribution < -0.4 is 5.73 Å². The fourth-order valence-corrected chi connectivity index (χ4v) is 4.34. The molecule has 20 heavy (non-hydrogen) atoms. The normalized spacial score (nSPS) is 15.3. The molecule has 3 nitrogen and oxygen atoms in total. The quantitative estimate of drug-likeness (QED) is 0.648. The number of ether oxygens (including phenoxy) is 1. The van der Waals surface area contributed by atoms with Gasteiger partial charge in [0, 0.05) is 10.6 Å². The minimum Gasteiger partial charge on any atom is -0.469 e. The SMILES string of the molecule is COC(=O)CC1(CSCc2ccc(C#CCN)s2)CC1. The van der Waals surface area contributed by atoms with E-state index in [1.54, 1.807) is 11.3 Å². The fourth-order valence-electron chi connectivity index (χ4n) is 1.96. The lowest BCUT2D eigenvalue weighted by Gasteiger charge is -2.12. The molecule has 1 aliphatic carbocycles. The van der Waals surface area contributed by atoms with Crippen LogP contribution >= 0.6 is 23.1 Å². The highest BCUT2D eigenvalue weighted by molar-refractivity contribution is 7.98. The first kappa shape index (κ1) is 15.4. The Labute approximate surface area is 128 Å². The topological polar surface area (TPSA) is 52.3 Å². The van der Waals surface area contributed by atoms with Gasteiger partial charge in [0.1, 0.15) is 0 Å². The van der Waals surface area contributed by atoms with Crippen LogP contribution in [-0.2, 0) is 15.3 Å². The van der Waals surface area contributed by atoms with Gasteiger partial charge < -0.3 is 10.5 Å². The molecule has 1 aliphatic rings. The molecule has 1 heterocycles. The molecule has 0 saturated heterocycles. The molecule has 108 valence electrons. The van der Waals surface area contributed by atoms with Gasteiger partial charge in [0.25, 0.3) is 0 Å². The maximum Gasteiger partial charge on any atom is 0.306 e. The van der Waals surface area contributed by atoms with Gasteiger partial charge in [0.15, 0.2) is 0 Å². The van der Waals surface area contributed by atoms with Crippen LogP contribution in [0.4, 0.5) is 0 Å². The second-order valence-corrected chi connectivity index (χ2v) is 7.17. The summed E-state index contributed by atoms with van der Waals surface area (Å²) in [7, 11) is 1.46. The first-order chi connectivity index (χ1) is 9.67. The summed E-state index contributed by atoms with van der Waals surface area (Å²) in [6, 6.07) is 4.17. The monoisotopic (exact) mass is 309 g/mol. The molecule has 0 bridgehead atoms. The van der Waals surface area contributed by atoms with Crippen LogP contribution in [0.2, 0.25) is 0 Å². The molecule has 0 amide bonds. The number of rotatable bonds is 6. The molecular weight excluding hydrogens is 290 g/mol. The Balaban J connectivity index is 1.76. The zero-order valence-electron chi connectivity index (χ0n) is 11.6. The summed E-state index contributed by atoms with van der Waals surface area (Å²) in [6.07, 6.45) is 2.85. The number of esters is 1. The van der Waals surface area contributed by atoms with Gasteiger partial charge in [-0.05, 0) is 36.1 Å². The van der Waals surface area contributed by atoms with Crippen LogP contribution in [0.3, 0.4) is 0 Å². The van der Waals surface area contributed by atoms with Crippen LogP contribution in [0.25, 0.3) is 0 Å². The van der Waals surface area contributed by atoms with Gasteiger partial charge in [-0.1, -0.05) is 11.8 Å². The smallest absolute Gasteiger partial charge is 0.306 e. The summed E-state index contributed by atoms with van der Waals surface area (Å²) < 4.78 is 4.76. The van der Waals surface area contributed by atoms with Crippen molar-refractivity contribution >= 4 is 29.1 Å². The van der Waals surface area contributed by atoms with Crippen LogP contribution in [0.1, 0.15) is 29.0 Å². The molecule has 5 heteroatoms. The lowest BCUT2D eigenvalue weighted by Crippen LogP contribution is -2.13. The molecule has 2 rings (SSSR count). The molecule has 1 fully saturated rings. The second-order valence-electron chi connectivity index (χ2n) is 5.02. The van der Waals surface area contributed by atoms with Crippen molar-refractivity contribution in [1.29, 1.82) is 0 Å². The van der Waals surface area contributed by atoms with E-state index in [2.05, 4.69) is 17.9 Å². The number of hydrogen-bond donors (Lipinski definition) is 1. The Morgan fingerprint density at radius 1 is 1.55 bits per heavy atom. The lowest BCUT2D eigenvalue weighted by atomic mass is 10.1. The lowest BCUT2D eigenvalue weighted by molar-refractivity contribution is -0.141. The zero-order valence-corrected chi connectivity index (χ0v) is 13.2. The molecule has 1 aromatic heterocycles. The number of carbonyl (C=O) groups is 1. The van der Waals surface area contributed by atoms with Crippen LogP contribution in [-0.4, -0.2) is 25.4 Å². The summed E-state index contributed by atoms with van der Waals surface area (Å²) in [5, 5.41) is 0. The predicted molar refractivity (Wildman–Crippen MR) is 84.7 cm³/mol. The molecular formula is C15H19NO2S2. The third kappa shape index (κ3) is 4.55. The summed E-state index contributed by atoms with van der Waals surface area (Å²) in [5.41, 5.74) is 5.56. The molecule has 2 N–H and O–H groups in total. The van der Waals surface area contributed by atoms with Crippen molar-refractivity contribution < 1.29 is 9.53 Å². The van der Waals surface area contributed by atoms with E-state index in [1.165, 1.54) is 12.0 Å². The fraction of sp³-hybridized carbons (Fsp3) is 0.533. The van der Waals surface area contributed by atoms with E-state index in [0.29, 0.717) is 13.0 Å². The average molecular weight is 309 g/mol. The molecule has 1 aromatic rings. The summed E-state index contributed by atoms with van der Waals surface area (Å²) >= 11 is 3.62. The van der Waals surface area contributed by atoms with Gasteiger partial charge in [-0.15, -0.1) is 11.3 Å². The van der Waals surface area contributed by atoms with Gasteiger partial charge in [0.2, 0.25) is 0 Å². The average Bonchev–Trinajstić information content (AvgIpc) is 3.05. The Bertz CT molecular complexity index is 523. The van der Waals surface area contributed by atoms with E-state index in [1.807, 2.05) is 17.8 Å². The van der Waals surface area contributed by atoms with Crippen molar-refractivity contribution in [3.8, 4) is 11.8 Å². The van der Waals surface area contributed by atoms with E-state index in [9.17, 15) is 4.79 Å². The van der Waals surface area contributed by atoms with E-state index in [-0.39, 0.29) is 11.4 Å². The van der Waals surface area contributed by atoms with Crippen molar-refractivity contribution in [2.75, 3.05) is 19.4 Å². The first-order valence-electron chi connectivity index (χ1n) is 6.60. The number of hydrogen-bond acceptors (Lipinski definition) is 5. The predicted octanol–water partition coefficient (Wildman–Crippen LogP) is 2.63. The summed E-state index contributed by atoms with van der Waals surface area (Å²) in [5.74, 6) is 7.85. The van der Waals surface area contributed by atoms with Crippen molar-refractivity contribution in [2.24, 2.45) is 11.1 Å². The first-order valence-corrected chi connectivity index (χ1v) is 8.57. The highest BCUT2D eigenvalue weighted by Crippen LogP contribution is 2.51. The Morgan fingerprint density at radius 2 is 2.35 bits per heavy atom. The second kappa shape index (κ2) is 7.16. The van der Waals surface area contributed by atoms with Crippen LogP contribution in [0.15, 0.2) is 12.1 Å². The van der Waals surface area contributed by atoms with Crippen LogP contribution in [0.5, 0.6) is 0 Å². The minimum absolute atomic E-state index is 0.0847. The van der Waals surface area contributed by atoms with Gasteiger partial charge in [0.05, 0.1) is 25.0 Å². The van der Waals surface area contributed by atoms with Gasteiger partial charge in [-0.2, -0.15) is 11.8 Å². The van der Waals surface area contributed by atoms with Crippen molar-refractivity contribution in [1.82, 2.24) is 0 Å². The zero-order chi connectivity index (χ0) is 14.4.